The van der Waals surface area contributed by atoms with Gasteiger partial charge in [0.1, 0.15) is 29.4 Å². The Balaban J connectivity index is 1.68. The molecule has 3 heterocycles. The summed E-state index contributed by atoms with van der Waals surface area (Å²) in [5.74, 6) is 1.63. The molecule has 0 amide bonds. The van der Waals surface area contributed by atoms with E-state index < -0.39 is 0 Å². The van der Waals surface area contributed by atoms with Crippen LogP contribution in [0.25, 0.3) is 0 Å². The molecule has 1 unspecified atom stereocenters. The van der Waals surface area contributed by atoms with E-state index in [1.165, 1.54) is 0 Å². The van der Waals surface area contributed by atoms with Crippen molar-refractivity contribution in [1.82, 2.24) is 9.97 Å². The molecule has 0 radical (unpaired) electrons. The zero-order chi connectivity index (χ0) is 14.7. The summed E-state index contributed by atoms with van der Waals surface area (Å²) in [5.41, 5.74) is 0.439. The normalized spacial score (nSPS) is 17.5. The van der Waals surface area contributed by atoms with Gasteiger partial charge in [0.25, 0.3) is 0 Å². The lowest BCUT2D eigenvalue weighted by atomic mass is 10.3. The van der Waals surface area contributed by atoms with Crippen molar-refractivity contribution in [2.24, 2.45) is 0 Å². The molecule has 1 aliphatic rings. The fraction of sp³-hybridized carbons (Fsp3) is 0.267. The fourth-order valence-electron chi connectivity index (χ4n) is 2.33. The van der Waals surface area contributed by atoms with Gasteiger partial charge in [0.05, 0.1) is 11.0 Å². The molecule has 2 aromatic heterocycles. The van der Waals surface area contributed by atoms with Crippen LogP contribution in [0, 0.1) is 11.3 Å². The highest BCUT2D eigenvalue weighted by molar-refractivity contribution is 9.10. The monoisotopic (exact) mass is 344 g/mol. The molecule has 0 saturated carbocycles. The lowest BCUT2D eigenvalue weighted by Crippen LogP contribution is -2.25. The van der Waals surface area contributed by atoms with Gasteiger partial charge in [-0.1, -0.05) is 6.07 Å². The summed E-state index contributed by atoms with van der Waals surface area (Å²) < 4.78 is 6.85. The maximum absolute atomic E-state index is 8.92. The summed E-state index contributed by atoms with van der Waals surface area (Å²) >= 11 is 3.43. The molecule has 0 aliphatic carbocycles. The lowest BCUT2D eigenvalue weighted by Gasteiger charge is -2.18. The standard InChI is InChI=1S/C15H13BrN4O/c16-13-9-18-6-4-14(13)21-12-5-7-20(10-12)15-3-1-2-11(8-17)19-15/h1-4,6,9,12H,5,7,10H2. The molecular weight excluding hydrogens is 332 g/mol. The van der Waals surface area contributed by atoms with E-state index in [1.807, 2.05) is 18.2 Å². The maximum atomic E-state index is 8.92. The van der Waals surface area contributed by atoms with Gasteiger partial charge in [-0.3, -0.25) is 4.98 Å². The molecule has 3 rings (SSSR count). The third-order valence-electron chi connectivity index (χ3n) is 3.35. The minimum Gasteiger partial charge on any atom is -0.487 e. The van der Waals surface area contributed by atoms with Crippen LogP contribution in [0.5, 0.6) is 5.75 Å². The summed E-state index contributed by atoms with van der Waals surface area (Å²) in [6.07, 6.45) is 4.47. The van der Waals surface area contributed by atoms with Gasteiger partial charge in [0.15, 0.2) is 0 Å². The fourth-order valence-corrected chi connectivity index (χ4v) is 2.68. The van der Waals surface area contributed by atoms with Crippen LogP contribution in [0.1, 0.15) is 12.1 Å². The molecule has 5 nitrogen and oxygen atoms in total. The van der Waals surface area contributed by atoms with E-state index in [0.717, 1.165) is 35.6 Å². The van der Waals surface area contributed by atoms with E-state index in [9.17, 15) is 0 Å². The van der Waals surface area contributed by atoms with Gasteiger partial charge in [0.2, 0.25) is 0 Å². The summed E-state index contributed by atoms with van der Waals surface area (Å²) in [6.45, 7) is 1.63. The Morgan fingerprint density at radius 2 is 2.29 bits per heavy atom. The van der Waals surface area contributed by atoms with E-state index in [4.69, 9.17) is 10.00 Å². The number of nitriles is 1. The first-order chi connectivity index (χ1) is 10.3. The smallest absolute Gasteiger partial charge is 0.142 e. The van der Waals surface area contributed by atoms with E-state index in [-0.39, 0.29) is 6.10 Å². The van der Waals surface area contributed by atoms with Crippen molar-refractivity contribution in [2.75, 3.05) is 18.0 Å². The van der Waals surface area contributed by atoms with Gasteiger partial charge in [-0.05, 0) is 34.1 Å². The number of anilines is 1. The van der Waals surface area contributed by atoms with Gasteiger partial charge >= 0.3 is 0 Å². The number of aromatic nitrogens is 2. The average Bonchev–Trinajstić information content (AvgIpc) is 2.98. The molecule has 0 N–H and O–H groups in total. The lowest BCUT2D eigenvalue weighted by molar-refractivity contribution is 0.223. The van der Waals surface area contributed by atoms with Gasteiger partial charge < -0.3 is 9.64 Å². The Labute approximate surface area is 131 Å². The highest BCUT2D eigenvalue weighted by Gasteiger charge is 2.25. The van der Waals surface area contributed by atoms with Crippen LogP contribution in [0.2, 0.25) is 0 Å². The second kappa shape index (κ2) is 6.10. The minimum absolute atomic E-state index is 0.108. The topological polar surface area (TPSA) is 62.0 Å². The van der Waals surface area contributed by atoms with Gasteiger partial charge in [-0.2, -0.15) is 5.26 Å². The highest BCUT2D eigenvalue weighted by Crippen LogP contribution is 2.27. The number of halogens is 1. The number of ether oxygens (including phenoxy) is 1. The van der Waals surface area contributed by atoms with Crippen molar-refractivity contribution in [3.63, 3.8) is 0 Å². The Hall–Kier alpha value is -2.13. The third kappa shape index (κ3) is 3.14. The van der Waals surface area contributed by atoms with Crippen LogP contribution < -0.4 is 9.64 Å². The van der Waals surface area contributed by atoms with Crippen LogP contribution in [0.4, 0.5) is 5.82 Å². The average molecular weight is 345 g/mol. The molecular formula is C15H13BrN4O. The zero-order valence-corrected chi connectivity index (χ0v) is 12.8. The molecule has 1 fully saturated rings. The Morgan fingerprint density at radius 1 is 1.38 bits per heavy atom. The van der Waals surface area contributed by atoms with Gasteiger partial charge in [-0.15, -0.1) is 0 Å². The third-order valence-corrected chi connectivity index (χ3v) is 3.94. The summed E-state index contributed by atoms with van der Waals surface area (Å²) in [5, 5.41) is 8.92. The largest absolute Gasteiger partial charge is 0.487 e. The van der Waals surface area contributed by atoms with Crippen LogP contribution in [0.3, 0.4) is 0 Å². The summed E-state index contributed by atoms with van der Waals surface area (Å²) in [7, 11) is 0. The number of nitrogens with zero attached hydrogens (tertiary/aromatic N) is 4. The molecule has 21 heavy (non-hydrogen) atoms. The van der Waals surface area contributed by atoms with Crippen LogP contribution in [-0.2, 0) is 0 Å². The Kier molecular flexibility index (Phi) is 4.02. The Morgan fingerprint density at radius 3 is 3.10 bits per heavy atom. The minimum atomic E-state index is 0.108. The van der Waals surface area contributed by atoms with Crippen molar-refractivity contribution in [3.05, 3.63) is 46.8 Å². The van der Waals surface area contributed by atoms with E-state index >= 15 is 0 Å². The van der Waals surface area contributed by atoms with E-state index in [2.05, 4.69) is 36.9 Å². The van der Waals surface area contributed by atoms with Crippen LogP contribution in [0.15, 0.2) is 41.1 Å². The summed E-state index contributed by atoms with van der Waals surface area (Å²) in [6, 6.07) is 9.40. The second-order valence-electron chi connectivity index (χ2n) is 4.77. The first-order valence-electron chi connectivity index (χ1n) is 6.64. The molecule has 1 atom stereocenters. The zero-order valence-electron chi connectivity index (χ0n) is 11.2. The SMILES string of the molecule is N#Cc1cccc(N2CCC(Oc3ccncc3Br)C2)n1. The number of rotatable bonds is 3. The van der Waals surface area contributed by atoms with E-state index in [0.29, 0.717) is 5.69 Å². The first kappa shape index (κ1) is 13.8. The number of pyridine rings is 2. The molecule has 0 bridgehead atoms. The van der Waals surface area contributed by atoms with Crippen molar-refractivity contribution in [3.8, 4) is 11.8 Å². The van der Waals surface area contributed by atoms with Crippen LogP contribution >= 0.6 is 15.9 Å². The van der Waals surface area contributed by atoms with E-state index in [1.54, 1.807) is 18.5 Å². The van der Waals surface area contributed by atoms with Crippen molar-refractivity contribution < 1.29 is 4.74 Å². The first-order valence-corrected chi connectivity index (χ1v) is 7.44. The highest BCUT2D eigenvalue weighted by atomic mass is 79.9. The van der Waals surface area contributed by atoms with Gasteiger partial charge in [0, 0.05) is 25.4 Å². The summed E-state index contributed by atoms with van der Waals surface area (Å²) in [4.78, 5) is 10.5. The molecule has 6 heteroatoms. The van der Waals surface area contributed by atoms with Crippen molar-refractivity contribution in [1.29, 1.82) is 5.26 Å². The molecule has 0 aromatic carbocycles. The second-order valence-corrected chi connectivity index (χ2v) is 5.63. The van der Waals surface area contributed by atoms with Crippen LogP contribution in [-0.4, -0.2) is 29.2 Å². The van der Waals surface area contributed by atoms with Crippen molar-refractivity contribution in [2.45, 2.75) is 12.5 Å². The van der Waals surface area contributed by atoms with Gasteiger partial charge in [-0.25, -0.2) is 4.98 Å². The number of hydrogen-bond acceptors (Lipinski definition) is 5. The Bertz CT molecular complexity index is 685. The molecule has 0 spiro atoms. The molecule has 106 valence electrons. The quantitative estimate of drug-likeness (QED) is 0.856. The van der Waals surface area contributed by atoms with Crippen molar-refractivity contribution >= 4 is 21.7 Å². The predicted octanol–water partition coefficient (Wildman–Crippen LogP) is 2.77. The maximum Gasteiger partial charge on any atom is 0.142 e. The molecule has 2 aromatic rings. The molecule has 1 saturated heterocycles. The molecule has 1 aliphatic heterocycles. The number of hydrogen-bond donors (Lipinski definition) is 0. The predicted molar refractivity (Wildman–Crippen MR) is 82.1 cm³/mol.